The monoisotopic (exact) mass is 335 g/mol. The van der Waals surface area contributed by atoms with E-state index in [1.165, 1.54) is 6.07 Å². The van der Waals surface area contributed by atoms with Gasteiger partial charge < -0.3 is 5.11 Å². The molecule has 1 aromatic carbocycles. The van der Waals surface area contributed by atoms with Crippen LogP contribution in [0.3, 0.4) is 0 Å². The van der Waals surface area contributed by atoms with Crippen LogP contribution in [0.1, 0.15) is 32.6 Å². The van der Waals surface area contributed by atoms with Crippen molar-refractivity contribution in [3.8, 4) is 0 Å². The first-order valence-corrected chi connectivity index (χ1v) is 8.75. The minimum Gasteiger partial charge on any atom is -0.389 e. The van der Waals surface area contributed by atoms with Crippen LogP contribution in [0, 0.1) is 11.7 Å². The fourth-order valence-corrected chi connectivity index (χ4v) is 4.41. The smallest absolute Gasteiger partial charge is 0.242 e. The lowest BCUT2D eigenvalue weighted by molar-refractivity contribution is -0.00751. The molecule has 1 saturated carbocycles. The second-order valence-electron chi connectivity index (χ2n) is 5.83. The van der Waals surface area contributed by atoms with E-state index in [1.54, 1.807) is 0 Å². The molecule has 0 bridgehead atoms. The summed E-state index contributed by atoms with van der Waals surface area (Å²) < 4.78 is 39.9. The first-order valence-electron chi connectivity index (χ1n) is 6.89. The molecule has 0 aromatic heterocycles. The third-order valence-corrected chi connectivity index (χ3v) is 5.72. The van der Waals surface area contributed by atoms with Crippen LogP contribution in [0.5, 0.6) is 0 Å². The predicted molar refractivity (Wildman–Crippen MR) is 79.2 cm³/mol. The van der Waals surface area contributed by atoms with Crippen LogP contribution in [-0.2, 0) is 10.0 Å². The highest BCUT2D eigenvalue weighted by molar-refractivity contribution is 7.89. The third-order valence-electron chi connectivity index (χ3n) is 3.84. The van der Waals surface area contributed by atoms with E-state index >= 15 is 0 Å². The molecule has 2 unspecified atom stereocenters. The van der Waals surface area contributed by atoms with Crippen molar-refractivity contribution >= 4 is 21.6 Å². The molecule has 0 spiro atoms. The van der Waals surface area contributed by atoms with Gasteiger partial charge in [0.25, 0.3) is 0 Å². The van der Waals surface area contributed by atoms with Crippen LogP contribution in [0.2, 0.25) is 5.02 Å². The average molecular weight is 336 g/mol. The highest BCUT2D eigenvalue weighted by Crippen LogP contribution is 2.32. The van der Waals surface area contributed by atoms with Crippen molar-refractivity contribution in [3.05, 3.63) is 29.0 Å². The maximum absolute atomic E-state index is 13.2. The van der Waals surface area contributed by atoms with Crippen molar-refractivity contribution in [2.45, 2.75) is 43.1 Å². The molecule has 1 aliphatic carbocycles. The lowest BCUT2D eigenvalue weighted by Gasteiger charge is -2.35. The molecule has 1 aromatic rings. The molecule has 0 radical (unpaired) electrons. The summed E-state index contributed by atoms with van der Waals surface area (Å²) >= 11 is 5.81. The van der Waals surface area contributed by atoms with E-state index in [2.05, 4.69) is 4.72 Å². The van der Waals surface area contributed by atoms with E-state index in [9.17, 15) is 17.9 Å². The van der Waals surface area contributed by atoms with Gasteiger partial charge in [-0.05, 0) is 37.0 Å². The van der Waals surface area contributed by atoms with E-state index in [1.807, 2.05) is 6.92 Å². The molecule has 0 heterocycles. The maximum Gasteiger partial charge on any atom is 0.242 e. The van der Waals surface area contributed by atoms with E-state index in [0.717, 1.165) is 25.0 Å². The van der Waals surface area contributed by atoms with Crippen LogP contribution in [0.25, 0.3) is 0 Å². The molecule has 0 amide bonds. The zero-order valence-electron chi connectivity index (χ0n) is 11.8. The largest absolute Gasteiger partial charge is 0.389 e. The summed E-state index contributed by atoms with van der Waals surface area (Å²) in [7, 11) is -3.95. The highest BCUT2D eigenvalue weighted by atomic mass is 35.5. The number of halogens is 2. The van der Waals surface area contributed by atoms with Crippen molar-refractivity contribution in [2.75, 3.05) is 6.54 Å². The number of hydrogen-bond acceptors (Lipinski definition) is 3. The molecule has 7 heteroatoms. The second-order valence-corrected chi connectivity index (χ2v) is 7.97. The van der Waals surface area contributed by atoms with Gasteiger partial charge in [-0.2, -0.15) is 0 Å². The molecular formula is C14H19ClFNO3S. The molecule has 2 atom stereocenters. The third kappa shape index (κ3) is 4.16. The predicted octanol–water partition coefficient (Wildman–Crippen LogP) is 2.70. The van der Waals surface area contributed by atoms with Crippen LogP contribution in [-0.4, -0.2) is 25.7 Å². The molecule has 2 rings (SSSR count). The molecule has 0 aliphatic heterocycles. The fraction of sp³-hybridized carbons (Fsp3) is 0.571. The van der Waals surface area contributed by atoms with E-state index in [-0.39, 0.29) is 16.5 Å². The lowest BCUT2D eigenvalue weighted by Crippen LogP contribution is -2.45. The Labute approximate surface area is 129 Å². The van der Waals surface area contributed by atoms with Crippen LogP contribution in [0.4, 0.5) is 4.39 Å². The Bertz CT molecular complexity index is 623. The van der Waals surface area contributed by atoms with Crippen molar-refractivity contribution < 1.29 is 17.9 Å². The number of nitrogens with one attached hydrogen (secondary N) is 1. The first-order chi connectivity index (χ1) is 9.72. The van der Waals surface area contributed by atoms with Gasteiger partial charge in [0.05, 0.1) is 10.6 Å². The number of hydrogen-bond donors (Lipinski definition) is 2. The summed E-state index contributed by atoms with van der Waals surface area (Å²) in [4.78, 5) is -0.309. The average Bonchev–Trinajstić information content (AvgIpc) is 2.39. The second kappa shape index (κ2) is 6.20. The Hall–Kier alpha value is -0.690. The molecule has 1 fully saturated rings. The molecule has 1 aliphatic rings. The van der Waals surface area contributed by atoms with Gasteiger partial charge >= 0.3 is 0 Å². The zero-order chi connectivity index (χ0) is 15.7. The van der Waals surface area contributed by atoms with Gasteiger partial charge in [0.15, 0.2) is 0 Å². The number of aliphatic hydroxyl groups is 1. The topological polar surface area (TPSA) is 66.4 Å². The van der Waals surface area contributed by atoms with Crippen molar-refractivity contribution in [3.63, 3.8) is 0 Å². The Morgan fingerprint density at radius 2 is 2.24 bits per heavy atom. The van der Waals surface area contributed by atoms with Gasteiger partial charge in [-0.3, -0.25) is 0 Å². The highest BCUT2D eigenvalue weighted by Gasteiger charge is 2.34. The molecule has 21 heavy (non-hydrogen) atoms. The van der Waals surface area contributed by atoms with Gasteiger partial charge in [0, 0.05) is 6.54 Å². The first kappa shape index (κ1) is 16.7. The van der Waals surface area contributed by atoms with E-state index < -0.39 is 21.4 Å². The van der Waals surface area contributed by atoms with Crippen molar-refractivity contribution in [2.24, 2.45) is 5.92 Å². The number of benzene rings is 1. The zero-order valence-corrected chi connectivity index (χ0v) is 13.3. The normalized spacial score (nSPS) is 26.8. The summed E-state index contributed by atoms with van der Waals surface area (Å²) in [5, 5.41) is 10.4. The maximum atomic E-state index is 13.2. The van der Waals surface area contributed by atoms with Crippen LogP contribution >= 0.6 is 11.6 Å². The summed E-state index contributed by atoms with van der Waals surface area (Å²) in [5.41, 5.74) is -1.05. The van der Waals surface area contributed by atoms with Gasteiger partial charge in [-0.25, -0.2) is 17.5 Å². The molecule has 4 nitrogen and oxygen atoms in total. The quantitative estimate of drug-likeness (QED) is 0.889. The molecule has 2 N–H and O–H groups in total. The molecule has 0 saturated heterocycles. The van der Waals surface area contributed by atoms with Gasteiger partial charge in [-0.1, -0.05) is 31.4 Å². The Balaban J connectivity index is 2.13. The van der Waals surface area contributed by atoms with Gasteiger partial charge in [0.1, 0.15) is 10.7 Å². The van der Waals surface area contributed by atoms with Crippen LogP contribution in [0.15, 0.2) is 23.1 Å². The van der Waals surface area contributed by atoms with Gasteiger partial charge in [-0.15, -0.1) is 0 Å². The Morgan fingerprint density at radius 1 is 1.52 bits per heavy atom. The summed E-state index contributed by atoms with van der Waals surface area (Å²) in [6, 6.07) is 3.17. The minimum absolute atomic E-state index is 0.0482. The summed E-state index contributed by atoms with van der Waals surface area (Å²) in [6.07, 6.45) is 2.99. The van der Waals surface area contributed by atoms with Crippen LogP contribution < -0.4 is 4.72 Å². The summed E-state index contributed by atoms with van der Waals surface area (Å²) in [5.74, 6) is -0.323. The number of sulfonamides is 1. The standard InChI is InChI=1S/C14H19ClFNO3S/c1-10-3-2-6-14(18,8-10)9-17-21(19,20)13-7-11(16)4-5-12(13)15/h4-5,7,10,17-18H,2-3,6,8-9H2,1H3. The SMILES string of the molecule is CC1CCCC(O)(CNS(=O)(=O)c2cc(F)ccc2Cl)C1. The molecular weight excluding hydrogens is 317 g/mol. The number of rotatable bonds is 4. The summed E-state index contributed by atoms with van der Waals surface area (Å²) in [6.45, 7) is 1.94. The Morgan fingerprint density at radius 3 is 2.90 bits per heavy atom. The minimum atomic E-state index is -3.95. The van der Waals surface area contributed by atoms with Gasteiger partial charge in [0.2, 0.25) is 10.0 Å². The van der Waals surface area contributed by atoms with Crippen molar-refractivity contribution in [1.82, 2.24) is 4.72 Å². The van der Waals surface area contributed by atoms with E-state index in [0.29, 0.717) is 18.8 Å². The lowest BCUT2D eigenvalue weighted by atomic mass is 9.79. The van der Waals surface area contributed by atoms with Crippen molar-refractivity contribution in [1.29, 1.82) is 0 Å². The Kier molecular flexibility index (Phi) is 4.92. The fourth-order valence-electron chi connectivity index (χ4n) is 2.78. The van der Waals surface area contributed by atoms with E-state index in [4.69, 9.17) is 11.6 Å². The molecule has 118 valence electrons.